The summed E-state index contributed by atoms with van der Waals surface area (Å²) in [5, 5.41) is 9.05. The van der Waals surface area contributed by atoms with Crippen molar-refractivity contribution in [3.05, 3.63) is 60.7 Å². The molecule has 23 heavy (non-hydrogen) atoms. The molecule has 0 saturated heterocycles. The molecule has 124 valence electrons. The van der Waals surface area contributed by atoms with Crippen LogP contribution in [0.15, 0.2) is 70.5 Å². The summed E-state index contributed by atoms with van der Waals surface area (Å²) >= 11 is 0. The van der Waals surface area contributed by atoms with Crippen molar-refractivity contribution >= 4 is 19.7 Å². The smallest absolute Gasteiger partial charge is 0.319 e. The molecule has 0 aromatic heterocycles. The van der Waals surface area contributed by atoms with Crippen LogP contribution in [0.3, 0.4) is 0 Å². The van der Waals surface area contributed by atoms with Gasteiger partial charge in [0.2, 0.25) is 19.7 Å². The van der Waals surface area contributed by atoms with Crippen LogP contribution >= 0.6 is 0 Å². The maximum absolute atomic E-state index is 15.4. The Kier molecular flexibility index (Phi) is 4.88. The summed E-state index contributed by atoms with van der Waals surface area (Å²) < 4.78 is 62.1. The van der Waals surface area contributed by atoms with E-state index < -0.39 is 46.8 Å². The Morgan fingerprint density at radius 1 is 0.783 bits per heavy atom. The highest BCUT2D eigenvalue weighted by molar-refractivity contribution is 8.10. The Labute approximate surface area is 134 Å². The third-order valence-corrected chi connectivity index (χ3v) is 8.44. The van der Waals surface area contributed by atoms with Crippen molar-refractivity contribution in [1.82, 2.24) is 0 Å². The van der Waals surface area contributed by atoms with Crippen LogP contribution in [0.2, 0.25) is 0 Å². The van der Waals surface area contributed by atoms with Crippen molar-refractivity contribution in [3.8, 4) is 0 Å². The molecule has 0 amide bonds. The first-order chi connectivity index (χ1) is 10.8. The largest absolute Gasteiger partial charge is 0.396 e. The van der Waals surface area contributed by atoms with E-state index in [9.17, 15) is 16.8 Å². The zero-order chi connectivity index (χ0) is 17.1. The standard InChI is InChI=1S/C15H15FO5S2/c16-15(11-12-17,22(18,19)13-7-3-1-4-8-13)23(20,21)14-9-5-2-6-10-14/h1-10,17H,11-12H2. The van der Waals surface area contributed by atoms with E-state index in [0.717, 1.165) is 24.3 Å². The van der Waals surface area contributed by atoms with Crippen LogP contribution < -0.4 is 0 Å². The molecule has 5 nitrogen and oxygen atoms in total. The van der Waals surface area contributed by atoms with E-state index in [1.165, 1.54) is 36.4 Å². The molecule has 8 heteroatoms. The zero-order valence-electron chi connectivity index (χ0n) is 12.0. The summed E-state index contributed by atoms with van der Waals surface area (Å²) in [7, 11) is -9.77. The van der Waals surface area contributed by atoms with Crippen molar-refractivity contribution in [2.24, 2.45) is 0 Å². The quantitative estimate of drug-likeness (QED) is 0.852. The second-order valence-electron chi connectivity index (χ2n) is 4.77. The van der Waals surface area contributed by atoms with Crippen molar-refractivity contribution in [2.45, 2.75) is 20.5 Å². The van der Waals surface area contributed by atoms with Gasteiger partial charge in [-0.05, 0) is 24.3 Å². The lowest BCUT2D eigenvalue weighted by Gasteiger charge is -2.24. The summed E-state index contributed by atoms with van der Waals surface area (Å²) in [5.41, 5.74) is 0. The van der Waals surface area contributed by atoms with Gasteiger partial charge in [-0.15, -0.1) is 0 Å². The molecule has 0 unspecified atom stereocenters. The first kappa shape index (κ1) is 17.6. The number of hydrogen-bond acceptors (Lipinski definition) is 5. The molecule has 0 aliphatic carbocycles. The Bertz CT molecular complexity index is 793. The van der Waals surface area contributed by atoms with Gasteiger partial charge in [-0.3, -0.25) is 0 Å². The summed E-state index contributed by atoms with van der Waals surface area (Å²) in [5.74, 6) is 0. The van der Waals surface area contributed by atoms with E-state index in [0.29, 0.717) is 0 Å². The molecule has 0 radical (unpaired) electrons. The Morgan fingerprint density at radius 2 is 1.13 bits per heavy atom. The number of benzene rings is 2. The molecule has 2 aromatic carbocycles. The molecule has 0 atom stereocenters. The minimum Gasteiger partial charge on any atom is -0.396 e. The Morgan fingerprint density at radius 3 is 1.43 bits per heavy atom. The maximum Gasteiger partial charge on any atom is 0.319 e. The number of halogens is 1. The zero-order valence-corrected chi connectivity index (χ0v) is 13.6. The fourth-order valence-corrected chi connectivity index (χ4v) is 6.29. The van der Waals surface area contributed by atoms with E-state index >= 15 is 4.39 Å². The summed E-state index contributed by atoms with van der Waals surface area (Å²) in [4.78, 5) is -0.925. The minimum atomic E-state index is -4.88. The topological polar surface area (TPSA) is 88.5 Å². The van der Waals surface area contributed by atoms with Gasteiger partial charge in [0.25, 0.3) is 0 Å². The van der Waals surface area contributed by atoms with Crippen LogP contribution in [-0.2, 0) is 19.7 Å². The van der Waals surface area contributed by atoms with E-state index in [4.69, 9.17) is 5.11 Å². The van der Waals surface area contributed by atoms with Gasteiger partial charge in [-0.25, -0.2) is 21.2 Å². The number of rotatable bonds is 6. The molecule has 2 aromatic rings. The van der Waals surface area contributed by atoms with Crippen molar-refractivity contribution < 1.29 is 26.3 Å². The van der Waals surface area contributed by atoms with Gasteiger partial charge in [0, 0.05) is 13.0 Å². The lowest BCUT2D eigenvalue weighted by Crippen LogP contribution is -2.43. The van der Waals surface area contributed by atoms with E-state index in [-0.39, 0.29) is 0 Å². The predicted molar refractivity (Wildman–Crippen MR) is 82.8 cm³/mol. The first-order valence-corrected chi connectivity index (χ1v) is 9.63. The SMILES string of the molecule is O=S(=O)(c1ccccc1)C(F)(CCO)S(=O)(=O)c1ccccc1. The molecule has 0 fully saturated rings. The van der Waals surface area contributed by atoms with Crippen molar-refractivity contribution in [3.63, 3.8) is 0 Å². The normalized spacial score (nSPS) is 13.0. The minimum absolute atomic E-state index is 0.463. The number of aliphatic hydroxyl groups excluding tert-OH is 1. The lowest BCUT2D eigenvalue weighted by molar-refractivity contribution is 0.233. The average Bonchev–Trinajstić information content (AvgIpc) is 2.56. The first-order valence-electron chi connectivity index (χ1n) is 6.66. The van der Waals surface area contributed by atoms with Gasteiger partial charge >= 0.3 is 4.33 Å². The summed E-state index contributed by atoms with van der Waals surface area (Å²) in [6, 6.07) is 12.9. The molecular formula is C15H15FO5S2. The number of aliphatic hydroxyl groups is 1. The van der Waals surface area contributed by atoms with Crippen LogP contribution in [0, 0.1) is 0 Å². The van der Waals surface area contributed by atoms with Crippen molar-refractivity contribution in [1.29, 1.82) is 0 Å². The van der Waals surface area contributed by atoms with Gasteiger partial charge in [0.05, 0.1) is 9.79 Å². The highest BCUT2D eigenvalue weighted by atomic mass is 32.3. The molecular weight excluding hydrogens is 343 g/mol. The van der Waals surface area contributed by atoms with Crippen LogP contribution in [0.25, 0.3) is 0 Å². The Balaban J connectivity index is 2.70. The maximum atomic E-state index is 15.4. The average molecular weight is 358 g/mol. The highest BCUT2D eigenvalue weighted by Gasteiger charge is 2.56. The van der Waals surface area contributed by atoms with Gasteiger partial charge in [0.15, 0.2) is 0 Å². The van der Waals surface area contributed by atoms with Crippen molar-refractivity contribution in [2.75, 3.05) is 6.61 Å². The monoisotopic (exact) mass is 358 g/mol. The van der Waals surface area contributed by atoms with E-state index in [1.807, 2.05) is 0 Å². The number of alkyl halides is 1. The molecule has 1 N–H and O–H groups in total. The van der Waals surface area contributed by atoms with Crippen LogP contribution in [0.1, 0.15) is 6.42 Å². The molecule has 0 aliphatic rings. The van der Waals surface area contributed by atoms with Gasteiger partial charge in [-0.1, -0.05) is 36.4 Å². The molecule has 0 spiro atoms. The fraction of sp³-hybridized carbons (Fsp3) is 0.200. The molecule has 0 heterocycles. The third kappa shape index (κ3) is 2.89. The van der Waals surface area contributed by atoms with Gasteiger partial charge < -0.3 is 5.11 Å². The molecule has 0 bridgehead atoms. The number of sulfone groups is 2. The van der Waals surface area contributed by atoms with Gasteiger partial charge in [-0.2, -0.15) is 0 Å². The van der Waals surface area contributed by atoms with Crippen LogP contribution in [0.4, 0.5) is 4.39 Å². The molecule has 0 saturated carbocycles. The highest BCUT2D eigenvalue weighted by Crippen LogP contribution is 2.39. The fourth-order valence-electron chi connectivity index (χ4n) is 2.10. The van der Waals surface area contributed by atoms with E-state index in [1.54, 1.807) is 0 Å². The van der Waals surface area contributed by atoms with Crippen LogP contribution in [0.5, 0.6) is 0 Å². The number of hydrogen-bond donors (Lipinski definition) is 1. The Hall–Kier alpha value is -1.77. The predicted octanol–water partition coefficient (Wildman–Crippen LogP) is 1.94. The summed E-state index contributed by atoms with van der Waals surface area (Å²) in [6.07, 6.45) is -1.08. The van der Waals surface area contributed by atoms with Gasteiger partial charge in [0.1, 0.15) is 0 Å². The molecule has 0 aliphatic heterocycles. The molecule has 2 rings (SSSR count). The second-order valence-corrected chi connectivity index (χ2v) is 9.28. The van der Waals surface area contributed by atoms with E-state index in [2.05, 4.69) is 0 Å². The third-order valence-electron chi connectivity index (χ3n) is 3.32. The lowest BCUT2D eigenvalue weighted by atomic mass is 10.4. The van der Waals surface area contributed by atoms with Crippen LogP contribution in [-0.4, -0.2) is 32.9 Å². The second kappa shape index (κ2) is 6.38. The summed E-state index contributed by atoms with van der Waals surface area (Å²) in [6.45, 7) is -0.936.